The van der Waals surface area contributed by atoms with Crippen LogP contribution in [-0.2, 0) is 7.05 Å². The summed E-state index contributed by atoms with van der Waals surface area (Å²) < 4.78 is 1.50. The fraction of sp³-hybridized carbons (Fsp3) is 0.100. The minimum Gasteiger partial charge on any atom is -0.309 e. The molecule has 0 spiro atoms. The molecule has 0 aliphatic heterocycles. The first-order valence-electron chi connectivity index (χ1n) is 4.08. The summed E-state index contributed by atoms with van der Waals surface area (Å²) in [6, 6.07) is 7.08. The van der Waals surface area contributed by atoms with Crippen LogP contribution in [0.25, 0.3) is 11.0 Å². The van der Waals surface area contributed by atoms with Crippen molar-refractivity contribution >= 4 is 11.0 Å². The second-order valence-electron chi connectivity index (χ2n) is 2.97. The number of aromatic nitrogens is 2. The lowest BCUT2D eigenvalue weighted by molar-refractivity contribution is 0.891. The normalized spacial score (nSPS) is 10.0. The second kappa shape index (κ2) is 2.96. The highest BCUT2D eigenvalue weighted by atomic mass is 16.1. The first-order chi connectivity index (χ1) is 6.72. The smallest absolute Gasteiger partial charge is 0.269 e. The molecule has 2 aromatic rings. The van der Waals surface area contributed by atoms with E-state index in [-0.39, 0.29) is 5.56 Å². The van der Waals surface area contributed by atoms with Crippen LogP contribution in [0, 0.1) is 11.3 Å². The third kappa shape index (κ3) is 1.15. The van der Waals surface area contributed by atoms with E-state index in [0.29, 0.717) is 11.1 Å². The number of hydrogen-bond acceptors (Lipinski definition) is 3. The van der Waals surface area contributed by atoms with E-state index in [1.54, 1.807) is 25.2 Å². The fourth-order valence-electron chi connectivity index (χ4n) is 1.31. The molecule has 68 valence electrons. The van der Waals surface area contributed by atoms with Gasteiger partial charge in [-0.1, -0.05) is 0 Å². The Morgan fingerprint density at radius 3 is 3.00 bits per heavy atom. The molecule has 4 heteroatoms. The number of hydrogen-bond donors (Lipinski definition) is 0. The average Bonchev–Trinajstić information content (AvgIpc) is 2.23. The van der Waals surface area contributed by atoms with Crippen molar-refractivity contribution in [2.75, 3.05) is 0 Å². The van der Waals surface area contributed by atoms with E-state index in [0.717, 1.165) is 5.52 Å². The molecule has 0 atom stereocenters. The van der Waals surface area contributed by atoms with Gasteiger partial charge in [0, 0.05) is 7.05 Å². The van der Waals surface area contributed by atoms with Gasteiger partial charge in [0.05, 0.1) is 28.9 Å². The summed E-state index contributed by atoms with van der Waals surface area (Å²) in [5.41, 5.74) is 1.79. The van der Waals surface area contributed by atoms with Crippen molar-refractivity contribution in [3.05, 3.63) is 40.3 Å². The predicted octanol–water partition coefficient (Wildman–Crippen LogP) is 0.805. The summed E-state index contributed by atoms with van der Waals surface area (Å²) in [5.74, 6) is 0. The molecule has 4 nitrogen and oxygen atoms in total. The Balaban J connectivity index is 2.89. The third-order valence-corrected chi connectivity index (χ3v) is 2.11. The number of nitriles is 1. The van der Waals surface area contributed by atoms with Gasteiger partial charge in [0.25, 0.3) is 5.56 Å². The predicted molar refractivity (Wildman–Crippen MR) is 51.7 cm³/mol. The Morgan fingerprint density at radius 2 is 2.29 bits per heavy atom. The van der Waals surface area contributed by atoms with Gasteiger partial charge in [0.1, 0.15) is 0 Å². The van der Waals surface area contributed by atoms with Gasteiger partial charge >= 0.3 is 0 Å². The summed E-state index contributed by atoms with van der Waals surface area (Å²) in [6.45, 7) is 0. The molecule has 0 amide bonds. The number of benzene rings is 1. The summed E-state index contributed by atoms with van der Waals surface area (Å²) in [5, 5.41) is 8.67. The van der Waals surface area contributed by atoms with Crippen LogP contribution in [0.5, 0.6) is 0 Å². The van der Waals surface area contributed by atoms with Crippen molar-refractivity contribution in [3.8, 4) is 6.07 Å². The molecule has 1 aromatic heterocycles. The molecule has 0 aliphatic carbocycles. The molecular weight excluding hydrogens is 178 g/mol. The number of nitrogens with zero attached hydrogens (tertiary/aromatic N) is 3. The first-order valence-corrected chi connectivity index (χ1v) is 4.08. The van der Waals surface area contributed by atoms with E-state index in [2.05, 4.69) is 4.98 Å². The van der Waals surface area contributed by atoms with E-state index >= 15 is 0 Å². The quantitative estimate of drug-likeness (QED) is 0.610. The van der Waals surface area contributed by atoms with Crippen LogP contribution >= 0.6 is 0 Å². The standard InChI is InChI=1S/C10H7N3O/c1-13-9-3-2-7(5-11)4-8(9)12-6-10(13)14/h2-4,6H,1H3. The minimum absolute atomic E-state index is 0.151. The highest BCUT2D eigenvalue weighted by Crippen LogP contribution is 2.10. The van der Waals surface area contributed by atoms with Crippen LogP contribution in [0.15, 0.2) is 29.2 Å². The molecule has 0 aliphatic rings. The van der Waals surface area contributed by atoms with Crippen molar-refractivity contribution in [2.24, 2.45) is 7.05 Å². The van der Waals surface area contributed by atoms with E-state index in [1.807, 2.05) is 6.07 Å². The average molecular weight is 185 g/mol. The van der Waals surface area contributed by atoms with Gasteiger partial charge in [0.15, 0.2) is 0 Å². The topological polar surface area (TPSA) is 58.7 Å². The lowest BCUT2D eigenvalue weighted by Gasteiger charge is -2.02. The highest BCUT2D eigenvalue weighted by molar-refractivity contribution is 5.76. The fourth-order valence-corrected chi connectivity index (χ4v) is 1.31. The van der Waals surface area contributed by atoms with Crippen LogP contribution in [0.2, 0.25) is 0 Å². The molecule has 0 unspecified atom stereocenters. The maximum atomic E-state index is 11.2. The number of aryl methyl sites for hydroxylation is 1. The molecule has 14 heavy (non-hydrogen) atoms. The SMILES string of the molecule is Cn1c(=O)cnc2cc(C#N)ccc21. The lowest BCUT2D eigenvalue weighted by atomic mass is 10.2. The number of fused-ring (bicyclic) bond motifs is 1. The van der Waals surface area contributed by atoms with E-state index in [4.69, 9.17) is 5.26 Å². The maximum absolute atomic E-state index is 11.2. The Morgan fingerprint density at radius 1 is 1.50 bits per heavy atom. The van der Waals surface area contributed by atoms with Crippen molar-refractivity contribution < 1.29 is 0 Å². The number of rotatable bonds is 0. The summed E-state index contributed by atoms with van der Waals surface area (Å²) in [4.78, 5) is 15.2. The first kappa shape index (κ1) is 8.45. The molecule has 1 heterocycles. The van der Waals surface area contributed by atoms with Crippen LogP contribution in [0.1, 0.15) is 5.56 Å². The van der Waals surface area contributed by atoms with Gasteiger partial charge in [-0.15, -0.1) is 0 Å². The van der Waals surface area contributed by atoms with Crippen LogP contribution in [0.4, 0.5) is 0 Å². The Labute approximate surface area is 80.0 Å². The zero-order valence-electron chi connectivity index (χ0n) is 7.56. The Hall–Kier alpha value is -2.15. The van der Waals surface area contributed by atoms with Gasteiger partial charge in [-0.3, -0.25) is 4.79 Å². The van der Waals surface area contributed by atoms with E-state index in [9.17, 15) is 4.79 Å². The second-order valence-corrected chi connectivity index (χ2v) is 2.97. The maximum Gasteiger partial charge on any atom is 0.269 e. The molecule has 0 N–H and O–H groups in total. The van der Waals surface area contributed by atoms with Crippen molar-refractivity contribution in [2.45, 2.75) is 0 Å². The molecule has 0 saturated carbocycles. The van der Waals surface area contributed by atoms with Crippen molar-refractivity contribution in [1.82, 2.24) is 9.55 Å². The van der Waals surface area contributed by atoms with E-state index < -0.39 is 0 Å². The van der Waals surface area contributed by atoms with Crippen LogP contribution < -0.4 is 5.56 Å². The van der Waals surface area contributed by atoms with Crippen LogP contribution in [-0.4, -0.2) is 9.55 Å². The highest BCUT2D eigenvalue weighted by Gasteiger charge is 2.00. The Kier molecular flexibility index (Phi) is 1.79. The lowest BCUT2D eigenvalue weighted by Crippen LogP contribution is -2.16. The van der Waals surface area contributed by atoms with Crippen LogP contribution in [0.3, 0.4) is 0 Å². The van der Waals surface area contributed by atoms with Gasteiger partial charge < -0.3 is 4.57 Å². The monoisotopic (exact) mass is 185 g/mol. The van der Waals surface area contributed by atoms with Crippen molar-refractivity contribution in [1.29, 1.82) is 5.26 Å². The Bertz CT molecular complexity index is 592. The molecular formula is C10H7N3O. The van der Waals surface area contributed by atoms with E-state index in [1.165, 1.54) is 10.8 Å². The third-order valence-electron chi connectivity index (χ3n) is 2.11. The zero-order chi connectivity index (χ0) is 10.1. The van der Waals surface area contributed by atoms with Gasteiger partial charge in [0.2, 0.25) is 0 Å². The molecule has 1 aromatic carbocycles. The summed E-state index contributed by atoms with van der Waals surface area (Å²) in [7, 11) is 1.68. The summed E-state index contributed by atoms with van der Waals surface area (Å²) >= 11 is 0. The zero-order valence-corrected chi connectivity index (χ0v) is 7.56. The molecule has 0 radical (unpaired) electrons. The minimum atomic E-state index is -0.151. The van der Waals surface area contributed by atoms with Gasteiger partial charge in [-0.05, 0) is 18.2 Å². The molecule has 2 rings (SSSR count). The molecule has 0 fully saturated rings. The largest absolute Gasteiger partial charge is 0.309 e. The van der Waals surface area contributed by atoms with Gasteiger partial charge in [-0.2, -0.15) is 5.26 Å². The summed E-state index contributed by atoms with van der Waals surface area (Å²) in [6.07, 6.45) is 1.25. The van der Waals surface area contributed by atoms with Gasteiger partial charge in [-0.25, -0.2) is 4.98 Å². The molecule has 0 saturated heterocycles. The van der Waals surface area contributed by atoms with Crippen molar-refractivity contribution in [3.63, 3.8) is 0 Å². The molecule has 0 bridgehead atoms.